The highest BCUT2D eigenvalue weighted by Crippen LogP contribution is 2.20. The molecule has 0 heterocycles. The molecular formula is C19H23NO3. The Morgan fingerprint density at radius 2 is 1.91 bits per heavy atom. The standard InChI is InChI=1S/C19H23NO3/c1-14-7-8-18(23-3)16(11-14)13-19(21)20-10-9-15-5-4-6-17(12-15)22-2/h4-8,11-12H,9-10,13H2,1-3H3,(H,20,21). The van der Waals surface area contributed by atoms with Crippen molar-refractivity contribution in [3.05, 3.63) is 59.2 Å². The van der Waals surface area contributed by atoms with Crippen LogP contribution in [0, 0.1) is 6.92 Å². The first-order valence-electron chi connectivity index (χ1n) is 7.65. The molecule has 4 heteroatoms. The van der Waals surface area contributed by atoms with Crippen molar-refractivity contribution < 1.29 is 14.3 Å². The summed E-state index contributed by atoms with van der Waals surface area (Å²) in [5.41, 5.74) is 3.16. The number of benzene rings is 2. The smallest absolute Gasteiger partial charge is 0.224 e. The zero-order valence-electron chi connectivity index (χ0n) is 13.9. The Hall–Kier alpha value is -2.49. The number of hydrogen-bond donors (Lipinski definition) is 1. The summed E-state index contributed by atoms with van der Waals surface area (Å²) in [5, 5.41) is 2.95. The predicted molar refractivity (Wildman–Crippen MR) is 91.1 cm³/mol. The van der Waals surface area contributed by atoms with Crippen molar-refractivity contribution in [1.82, 2.24) is 5.32 Å². The number of carbonyl (C=O) groups is 1. The van der Waals surface area contributed by atoms with Crippen LogP contribution in [-0.4, -0.2) is 26.7 Å². The van der Waals surface area contributed by atoms with Gasteiger partial charge in [-0.05, 0) is 37.1 Å². The Balaban J connectivity index is 1.87. The lowest BCUT2D eigenvalue weighted by Gasteiger charge is -2.10. The van der Waals surface area contributed by atoms with Crippen LogP contribution in [0.3, 0.4) is 0 Å². The average molecular weight is 313 g/mol. The van der Waals surface area contributed by atoms with Gasteiger partial charge < -0.3 is 14.8 Å². The third-order valence-electron chi connectivity index (χ3n) is 3.66. The second-order valence-electron chi connectivity index (χ2n) is 5.44. The lowest BCUT2D eigenvalue weighted by Crippen LogP contribution is -2.27. The highest BCUT2D eigenvalue weighted by molar-refractivity contribution is 5.79. The molecule has 0 saturated carbocycles. The molecular weight excluding hydrogens is 290 g/mol. The summed E-state index contributed by atoms with van der Waals surface area (Å²) >= 11 is 0. The summed E-state index contributed by atoms with van der Waals surface area (Å²) in [4.78, 5) is 12.1. The second kappa shape index (κ2) is 8.22. The number of ether oxygens (including phenoxy) is 2. The largest absolute Gasteiger partial charge is 0.497 e. The molecule has 0 atom stereocenters. The van der Waals surface area contributed by atoms with E-state index < -0.39 is 0 Å². The molecule has 23 heavy (non-hydrogen) atoms. The van der Waals surface area contributed by atoms with Gasteiger partial charge >= 0.3 is 0 Å². The number of hydrogen-bond acceptors (Lipinski definition) is 3. The molecule has 1 N–H and O–H groups in total. The van der Waals surface area contributed by atoms with E-state index in [9.17, 15) is 4.79 Å². The fourth-order valence-corrected chi connectivity index (χ4v) is 2.46. The van der Waals surface area contributed by atoms with Crippen molar-refractivity contribution in [2.75, 3.05) is 20.8 Å². The number of aryl methyl sites for hydroxylation is 1. The lowest BCUT2D eigenvalue weighted by molar-refractivity contribution is -0.120. The quantitative estimate of drug-likeness (QED) is 0.855. The van der Waals surface area contributed by atoms with Crippen molar-refractivity contribution in [3.63, 3.8) is 0 Å². The summed E-state index contributed by atoms with van der Waals surface area (Å²) in [6, 6.07) is 13.7. The van der Waals surface area contributed by atoms with E-state index in [4.69, 9.17) is 9.47 Å². The van der Waals surface area contributed by atoms with Crippen LogP contribution in [0.2, 0.25) is 0 Å². The number of amides is 1. The maximum absolute atomic E-state index is 12.1. The molecule has 2 aromatic rings. The maximum Gasteiger partial charge on any atom is 0.224 e. The molecule has 0 radical (unpaired) electrons. The van der Waals surface area contributed by atoms with Crippen LogP contribution < -0.4 is 14.8 Å². The molecule has 0 aliphatic carbocycles. The van der Waals surface area contributed by atoms with Crippen molar-refractivity contribution in [1.29, 1.82) is 0 Å². The minimum atomic E-state index is -0.00297. The van der Waals surface area contributed by atoms with Gasteiger partial charge in [0.15, 0.2) is 0 Å². The molecule has 0 aliphatic heterocycles. The molecule has 0 aromatic heterocycles. The van der Waals surface area contributed by atoms with Gasteiger partial charge in [-0.1, -0.05) is 29.8 Å². The number of methoxy groups -OCH3 is 2. The fraction of sp³-hybridized carbons (Fsp3) is 0.316. The highest BCUT2D eigenvalue weighted by Gasteiger charge is 2.09. The fourth-order valence-electron chi connectivity index (χ4n) is 2.46. The van der Waals surface area contributed by atoms with Gasteiger partial charge in [0.1, 0.15) is 11.5 Å². The van der Waals surface area contributed by atoms with E-state index in [1.807, 2.05) is 49.4 Å². The summed E-state index contributed by atoms with van der Waals surface area (Å²) in [7, 11) is 3.27. The van der Waals surface area contributed by atoms with Gasteiger partial charge in [-0.25, -0.2) is 0 Å². The van der Waals surface area contributed by atoms with Gasteiger partial charge in [-0.3, -0.25) is 4.79 Å². The van der Waals surface area contributed by atoms with Crippen molar-refractivity contribution >= 4 is 5.91 Å². The van der Waals surface area contributed by atoms with E-state index in [2.05, 4.69) is 5.32 Å². The van der Waals surface area contributed by atoms with E-state index in [1.165, 1.54) is 0 Å². The SMILES string of the molecule is COc1cccc(CCNC(=O)Cc2cc(C)ccc2OC)c1. The third kappa shape index (κ3) is 5.02. The Morgan fingerprint density at radius 1 is 1.09 bits per heavy atom. The van der Waals surface area contributed by atoms with Crippen LogP contribution in [0.1, 0.15) is 16.7 Å². The summed E-state index contributed by atoms with van der Waals surface area (Å²) in [6.45, 7) is 2.60. The van der Waals surface area contributed by atoms with E-state index in [0.717, 1.165) is 34.6 Å². The molecule has 0 aliphatic rings. The van der Waals surface area contributed by atoms with Gasteiger partial charge in [0, 0.05) is 12.1 Å². The van der Waals surface area contributed by atoms with Gasteiger partial charge in [0.05, 0.1) is 20.6 Å². The average Bonchev–Trinajstić information content (AvgIpc) is 2.55. The van der Waals surface area contributed by atoms with Gasteiger partial charge in [-0.15, -0.1) is 0 Å². The maximum atomic E-state index is 12.1. The van der Waals surface area contributed by atoms with Gasteiger partial charge in [-0.2, -0.15) is 0 Å². The van der Waals surface area contributed by atoms with E-state index in [0.29, 0.717) is 13.0 Å². The molecule has 0 fully saturated rings. The van der Waals surface area contributed by atoms with Crippen LogP contribution in [0.5, 0.6) is 11.5 Å². The van der Waals surface area contributed by atoms with Gasteiger partial charge in [0.25, 0.3) is 0 Å². The van der Waals surface area contributed by atoms with Crippen LogP contribution in [0.25, 0.3) is 0 Å². The monoisotopic (exact) mass is 313 g/mol. The second-order valence-corrected chi connectivity index (χ2v) is 5.44. The normalized spacial score (nSPS) is 10.2. The molecule has 0 saturated heterocycles. The molecule has 122 valence electrons. The first-order valence-corrected chi connectivity index (χ1v) is 7.65. The van der Waals surface area contributed by atoms with Crippen molar-refractivity contribution in [2.45, 2.75) is 19.8 Å². The Bertz CT molecular complexity index is 667. The number of carbonyl (C=O) groups excluding carboxylic acids is 1. The van der Waals surface area contributed by atoms with E-state index >= 15 is 0 Å². The Morgan fingerprint density at radius 3 is 2.65 bits per heavy atom. The van der Waals surface area contributed by atoms with E-state index in [-0.39, 0.29) is 5.91 Å². The van der Waals surface area contributed by atoms with Crippen molar-refractivity contribution in [2.24, 2.45) is 0 Å². The van der Waals surface area contributed by atoms with Crippen molar-refractivity contribution in [3.8, 4) is 11.5 Å². The molecule has 1 amide bonds. The first kappa shape index (κ1) is 16.9. The van der Waals surface area contributed by atoms with Gasteiger partial charge in [0.2, 0.25) is 5.91 Å². The third-order valence-corrected chi connectivity index (χ3v) is 3.66. The molecule has 4 nitrogen and oxygen atoms in total. The molecule has 2 rings (SSSR count). The number of rotatable bonds is 7. The molecule has 0 spiro atoms. The van der Waals surface area contributed by atoms with Crippen LogP contribution in [0.15, 0.2) is 42.5 Å². The minimum absolute atomic E-state index is 0.00297. The topological polar surface area (TPSA) is 47.6 Å². The molecule has 2 aromatic carbocycles. The van der Waals surface area contributed by atoms with E-state index in [1.54, 1.807) is 14.2 Å². The number of nitrogens with one attached hydrogen (secondary N) is 1. The summed E-state index contributed by atoms with van der Waals surface area (Å²) in [5.74, 6) is 1.58. The minimum Gasteiger partial charge on any atom is -0.497 e. The zero-order chi connectivity index (χ0) is 16.7. The summed E-state index contributed by atoms with van der Waals surface area (Å²) < 4.78 is 10.5. The first-order chi connectivity index (χ1) is 11.1. The summed E-state index contributed by atoms with van der Waals surface area (Å²) in [6.07, 6.45) is 1.09. The van der Waals surface area contributed by atoms with Crippen LogP contribution in [-0.2, 0) is 17.6 Å². The van der Waals surface area contributed by atoms with Crippen LogP contribution >= 0.6 is 0 Å². The highest BCUT2D eigenvalue weighted by atomic mass is 16.5. The molecule has 0 unspecified atom stereocenters. The predicted octanol–water partition coefficient (Wildman–Crippen LogP) is 2.91. The Labute approximate surface area is 137 Å². The lowest BCUT2D eigenvalue weighted by atomic mass is 10.1. The Kier molecular flexibility index (Phi) is 6.03. The van der Waals surface area contributed by atoms with Crippen LogP contribution in [0.4, 0.5) is 0 Å². The zero-order valence-corrected chi connectivity index (χ0v) is 13.9. The molecule has 0 bridgehead atoms.